The largest absolute Gasteiger partial charge is 0.493 e. The van der Waals surface area contributed by atoms with E-state index in [1.54, 1.807) is 6.07 Å². The Hall–Kier alpha value is -2.33. The number of carbonyl (C=O) groups is 1. The highest BCUT2D eigenvalue weighted by Crippen LogP contribution is 2.15. The molecule has 0 saturated heterocycles. The second-order valence-electron chi connectivity index (χ2n) is 7.07. The molecule has 0 bridgehead atoms. The van der Waals surface area contributed by atoms with Crippen LogP contribution in [0.15, 0.2) is 48.5 Å². The number of rotatable bonds is 8. The Kier molecular flexibility index (Phi) is 7.02. The van der Waals surface area contributed by atoms with Crippen LogP contribution < -0.4 is 15.0 Å². The van der Waals surface area contributed by atoms with E-state index in [4.69, 9.17) is 4.74 Å². The summed E-state index contributed by atoms with van der Waals surface area (Å²) < 4.78 is 5.70. The number of benzene rings is 2. The van der Waals surface area contributed by atoms with Crippen molar-refractivity contribution in [3.05, 3.63) is 65.2 Å². The van der Waals surface area contributed by atoms with E-state index < -0.39 is 0 Å². The van der Waals surface area contributed by atoms with Gasteiger partial charge in [0.25, 0.3) is 5.91 Å². The molecule has 0 aliphatic rings. The van der Waals surface area contributed by atoms with Gasteiger partial charge in [0, 0.05) is 17.7 Å². The van der Waals surface area contributed by atoms with Gasteiger partial charge in [-0.3, -0.25) is 4.79 Å². The fourth-order valence-corrected chi connectivity index (χ4v) is 2.55. The van der Waals surface area contributed by atoms with Crippen molar-refractivity contribution in [1.29, 1.82) is 0 Å². The predicted octanol–water partition coefficient (Wildman–Crippen LogP) is 2.30. The highest BCUT2D eigenvalue weighted by molar-refractivity contribution is 5.94. The average molecular weight is 341 g/mol. The standard InChI is InChI=1S/C21H28N2O2/c1-16(2)15-25-20-11-7-10-17(12-20)21(24)22-13-18-8-5-6-9-19(18)14-23(3)4/h5-12,16H,13-15H2,1-4H3,(H,22,24)/p+1. The molecule has 25 heavy (non-hydrogen) atoms. The molecule has 0 aromatic heterocycles. The maximum Gasteiger partial charge on any atom is 0.251 e. The van der Waals surface area contributed by atoms with Crippen LogP contribution in [0.25, 0.3) is 0 Å². The van der Waals surface area contributed by atoms with Gasteiger partial charge >= 0.3 is 0 Å². The zero-order chi connectivity index (χ0) is 18.2. The molecular formula is C21H29N2O2+. The lowest BCUT2D eigenvalue weighted by Crippen LogP contribution is -3.04. The summed E-state index contributed by atoms with van der Waals surface area (Å²) in [4.78, 5) is 13.8. The van der Waals surface area contributed by atoms with Gasteiger partial charge in [0.2, 0.25) is 0 Å². The molecule has 2 rings (SSSR count). The van der Waals surface area contributed by atoms with Crippen molar-refractivity contribution >= 4 is 5.91 Å². The maximum atomic E-state index is 12.5. The van der Waals surface area contributed by atoms with Gasteiger partial charge in [-0.1, -0.05) is 44.2 Å². The molecule has 0 saturated carbocycles. The molecule has 2 aromatic carbocycles. The first-order chi connectivity index (χ1) is 12.0. The molecule has 0 fully saturated rings. The first-order valence-corrected chi connectivity index (χ1v) is 8.82. The quantitative estimate of drug-likeness (QED) is 0.774. The lowest BCUT2D eigenvalue weighted by atomic mass is 10.1. The van der Waals surface area contributed by atoms with Crippen LogP contribution in [0, 0.1) is 5.92 Å². The molecule has 134 valence electrons. The Labute approximate surface area is 150 Å². The van der Waals surface area contributed by atoms with Crippen LogP contribution in [0.5, 0.6) is 5.75 Å². The van der Waals surface area contributed by atoms with Crippen molar-refractivity contribution in [3.8, 4) is 5.75 Å². The minimum Gasteiger partial charge on any atom is -0.493 e. The molecule has 0 heterocycles. The van der Waals surface area contributed by atoms with Gasteiger partial charge in [-0.05, 0) is 29.7 Å². The molecular weight excluding hydrogens is 312 g/mol. The van der Waals surface area contributed by atoms with Crippen LogP contribution in [0.1, 0.15) is 35.3 Å². The molecule has 0 spiro atoms. The number of quaternary nitrogens is 1. The lowest BCUT2D eigenvalue weighted by molar-refractivity contribution is -0.872. The van der Waals surface area contributed by atoms with Crippen LogP contribution in [0.4, 0.5) is 0 Å². The smallest absolute Gasteiger partial charge is 0.251 e. The normalized spacial score (nSPS) is 11.0. The minimum atomic E-state index is -0.0815. The summed E-state index contributed by atoms with van der Waals surface area (Å²) in [7, 11) is 4.25. The van der Waals surface area contributed by atoms with Crippen molar-refractivity contribution in [2.75, 3.05) is 20.7 Å². The summed E-state index contributed by atoms with van der Waals surface area (Å²) in [5, 5.41) is 3.02. The number of hydrogen-bond donors (Lipinski definition) is 2. The fraction of sp³-hybridized carbons (Fsp3) is 0.381. The third kappa shape index (κ3) is 6.24. The van der Waals surface area contributed by atoms with E-state index in [2.05, 4.69) is 45.4 Å². The highest BCUT2D eigenvalue weighted by Gasteiger charge is 2.10. The van der Waals surface area contributed by atoms with Crippen LogP contribution in [0.2, 0.25) is 0 Å². The molecule has 0 radical (unpaired) electrons. The number of hydrogen-bond acceptors (Lipinski definition) is 2. The first kappa shape index (κ1) is 19.0. The lowest BCUT2D eigenvalue weighted by Gasteiger charge is -2.13. The number of amides is 1. The summed E-state index contributed by atoms with van der Waals surface area (Å²) in [6.07, 6.45) is 0. The highest BCUT2D eigenvalue weighted by atomic mass is 16.5. The van der Waals surface area contributed by atoms with E-state index in [1.165, 1.54) is 10.5 Å². The molecule has 4 nitrogen and oxygen atoms in total. The first-order valence-electron chi connectivity index (χ1n) is 8.82. The van der Waals surface area contributed by atoms with Gasteiger partial charge in [0.05, 0.1) is 20.7 Å². The van der Waals surface area contributed by atoms with Gasteiger partial charge in [-0.2, -0.15) is 0 Å². The zero-order valence-electron chi connectivity index (χ0n) is 15.6. The molecule has 1 amide bonds. The van der Waals surface area contributed by atoms with Crippen LogP contribution >= 0.6 is 0 Å². The Balaban J connectivity index is 2.00. The molecule has 0 aliphatic carbocycles. The summed E-state index contributed by atoms with van der Waals surface area (Å²) in [5.74, 6) is 1.10. The molecule has 0 unspecified atom stereocenters. The topological polar surface area (TPSA) is 42.8 Å². The summed E-state index contributed by atoms with van der Waals surface area (Å²) in [5.41, 5.74) is 3.04. The number of nitrogens with one attached hydrogen (secondary N) is 2. The number of ether oxygens (including phenoxy) is 1. The second-order valence-corrected chi connectivity index (χ2v) is 7.07. The van der Waals surface area contributed by atoms with Crippen molar-refractivity contribution in [1.82, 2.24) is 5.32 Å². The van der Waals surface area contributed by atoms with E-state index in [9.17, 15) is 4.79 Å². The van der Waals surface area contributed by atoms with Crippen LogP contribution in [-0.2, 0) is 13.1 Å². The SMILES string of the molecule is CC(C)COc1cccc(C(=O)NCc2ccccc2C[NH+](C)C)c1. The van der Waals surface area contributed by atoms with Gasteiger partial charge in [-0.15, -0.1) is 0 Å². The van der Waals surface area contributed by atoms with Gasteiger partial charge in [0.1, 0.15) is 12.3 Å². The molecule has 0 atom stereocenters. The Bertz CT molecular complexity index is 696. The second kappa shape index (κ2) is 9.23. The van der Waals surface area contributed by atoms with E-state index >= 15 is 0 Å². The van der Waals surface area contributed by atoms with Crippen molar-refractivity contribution < 1.29 is 14.4 Å². The Morgan fingerprint density at radius 3 is 2.48 bits per heavy atom. The van der Waals surface area contributed by atoms with E-state index in [-0.39, 0.29) is 5.91 Å². The number of carbonyl (C=O) groups excluding carboxylic acids is 1. The van der Waals surface area contributed by atoms with Gasteiger partial charge in [-0.25, -0.2) is 0 Å². The molecule has 4 heteroatoms. The Morgan fingerprint density at radius 2 is 1.80 bits per heavy atom. The predicted molar refractivity (Wildman–Crippen MR) is 101 cm³/mol. The third-order valence-corrected chi connectivity index (χ3v) is 3.78. The van der Waals surface area contributed by atoms with Crippen molar-refractivity contribution in [3.63, 3.8) is 0 Å². The Morgan fingerprint density at radius 1 is 1.08 bits per heavy atom. The van der Waals surface area contributed by atoms with Crippen molar-refractivity contribution in [2.24, 2.45) is 5.92 Å². The summed E-state index contributed by atoms with van der Waals surface area (Å²) in [6, 6.07) is 15.6. The molecule has 0 aliphatic heterocycles. The van der Waals surface area contributed by atoms with Crippen molar-refractivity contribution in [2.45, 2.75) is 26.9 Å². The molecule has 2 N–H and O–H groups in total. The van der Waals surface area contributed by atoms with E-state index in [1.807, 2.05) is 30.3 Å². The molecule has 2 aromatic rings. The van der Waals surface area contributed by atoms with Crippen LogP contribution in [0.3, 0.4) is 0 Å². The van der Waals surface area contributed by atoms with E-state index in [0.29, 0.717) is 24.6 Å². The van der Waals surface area contributed by atoms with Gasteiger partial charge in [0.15, 0.2) is 0 Å². The van der Waals surface area contributed by atoms with Crippen LogP contribution in [-0.4, -0.2) is 26.6 Å². The average Bonchev–Trinajstić information content (AvgIpc) is 2.58. The van der Waals surface area contributed by atoms with Gasteiger partial charge < -0.3 is 15.0 Å². The summed E-state index contributed by atoms with van der Waals surface area (Å²) >= 11 is 0. The minimum absolute atomic E-state index is 0.0815. The third-order valence-electron chi connectivity index (χ3n) is 3.78. The zero-order valence-corrected chi connectivity index (χ0v) is 15.6. The monoisotopic (exact) mass is 341 g/mol. The van der Waals surface area contributed by atoms with E-state index in [0.717, 1.165) is 17.9 Å². The summed E-state index contributed by atoms with van der Waals surface area (Å²) in [6.45, 7) is 6.31. The maximum absolute atomic E-state index is 12.5. The fourth-order valence-electron chi connectivity index (χ4n) is 2.55.